The SMILES string of the molecule is CC(C)c1[nH]nc(C(=O)NCc2ccccc2Cn2ccnc2)c1Br. The van der Waals surface area contributed by atoms with E-state index >= 15 is 0 Å². The average molecular weight is 402 g/mol. The highest BCUT2D eigenvalue weighted by Gasteiger charge is 2.19. The maximum Gasteiger partial charge on any atom is 0.273 e. The van der Waals surface area contributed by atoms with Crippen molar-refractivity contribution < 1.29 is 4.79 Å². The van der Waals surface area contributed by atoms with Gasteiger partial charge in [-0.3, -0.25) is 9.89 Å². The summed E-state index contributed by atoms with van der Waals surface area (Å²) in [5.74, 6) is 0.0618. The molecule has 1 amide bonds. The Kier molecular flexibility index (Phi) is 5.33. The van der Waals surface area contributed by atoms with Crippen LogP contribution in [0, 0.1) is 0 Å². The zero-order valence-corrected chi connectivity index (χ0v) is 15.7. The summed E-state index contributed by atoms with van der Waals surface area (Å²) in [4.78, 5) is 16.5. The number of halogens is 1. The van der Waals surface area contributed by atoms with E-state index in [-0.39, 0.29) is 11.8 Å². The van der Waals surface area contributed by atoms with Gasteiger partial charge in [0.15, 0.2) is 5.69 Å². The quantitative estimate of drug-likeness (QED) is 0.663. The topological polar surface area (TPSA) is 75.6 Å². The maximum atomic E-state index is 12.5. The van der Waals surface area contributed by atoms with E-state index in [1.165, 1.54) is 0 Å². The molecule has 0 aliphatic carbocycles. The highest BCUT2D eigenvalue weighted by Crippen LogP contribution is 2.25. The second-order valence-electron chi connectivity index (χ2n) is 6.14. The highest BCUT2D eigenvalue weighted by atomic mass is 79.9. The van der Waals surface area contributed by atoms with Crippen molar-refractivity contribution in [3.8, 4) is 0 Å². The molecule has 2 N–H and O–H groups in total. The van der Waals surface area contributed by atoms with Gasteiger partial charge in [-0.1, -0.05) is 38.1 Å². The van der Waals surface area contributed by atoms with Crippen molar-refractivity contribution in [2.45, 2.75) is 32.9 Å². The van der Waals surface area contributed by atoms with Crippen LogP contribution in [0.25, 0.3) is 0 Å². The molecule has 0 aliphatic heterocycles. The molecule has 2 heterocycles. The van der Waals surface area contributed by atoms with Crippen LogP contribution < -0.4 is 5.32 Å². The number of H-pyrrole nitrogens is 1. The van der Waals surface area contributed by atoms with Crippen LogP contribution in [0.1, 0.15) is 47.1 Å². The Morgan fingerprint density at radius 2 is 2.08 bits per heavy atom. The van der Waals surface area contributed by atoms with Gasteiger partial charge in [-0.25, -0.2) is 4.98 Å². The summed E-state index contributed by atoms with van der Waals surface area (Å²) < 4.78 is 2.73. The summed E-state index contributed by atoms with van der Waals surface area (Å²) in [5.41, 5.74) is 3.52. The number of carbonyl (C=O) groups excluding carboxylic acids is 1. The third kappa shape index (κ3) is 3.99. The highest BCUT2D eigenvalue weighted by molar-refractivity contribution is 9.10. The number of aromatic nitrogens is 4. The molecular formula is C18H20BrN5O. The standard InChI is InChI=1S/C18H20BrN5O/c1-12(2)16-15(19)17(23-22-16)18(25)21-9-13-5-3-4-6-14(13)10-24-8-7-20-11-24/h3-8,11-12H,9-10H2,1-2H3,(H,21,25)(H,22,23). The van der Waals surface area contributed by atoms with Crippen LogP contribution in [-0.2, 0) is 13.1 Å². The first kappa shape index (κ1) is 17.4. The first-order chi connectivity index (χ1) is 12.1. The number of hydrogen-bond donors (Lipinski definition) is 2. The Morgan fingerprint density at radius 3 is 2.72 bits per heavy atom. The lowest BCUT2D eigenvalue weighted by Gasteiger charge is -2.11. The molecule has 3 aromatic rings. The van der Waals surface area contributed by atoms with E-state index in [0.717, 1.165) is 27.8 Å². The summed E-state index contributed by atoms with van der Waals surface area (Å²) in [6.45, 7) is 5.26. The van der Waals surface area contributed by atoms with Gasteiger partial charge in [-0.05, 0) is 33.0 Å². The summed E-state index contributed by atoms with van der Waals surface area (Å²) in [5, 5.41) is 10.0. The number of benzene rings is 1. The molecular weight excluding hydrogens is 382 g/mol. The molecule has 130 valence electrons. The molecule has 3 rings (SSSR count). The van der Waals surface area contributed by atoms with Gasteiger partial charge in [-0.15, -0.1) is 0 Å². The van der Waals surface area contributed by atoms with E-state index in [1.807, 2.05) is 42.8 Å². The van der Waals surface area contributed by atoms with Crippen LogP contribution in [0.15, 0.2) is 47.5 Å². The monoisotopic (exact) mass is 401 g/mol. The first-order valence-corrected chi connectivity index (χ1v) is 8.90. The van der Waals surface area contributed by atoms with E-state index in [2.05, 4.69) is 42.5 Å². The number of aromatic amines is 1. The number of amides is 1. The third-order valence-electron chi connectivity index (χ3n) is 3.99. The number of nitrogens with one attached hydrogen (secondary N) is 2. The lowest BCUT2D eigenvalue weighted by atomic mass is 10.1. The Balaban J connectivity index is 1.70. The number of imidazole rings is 1. The third-order valence-corrected chi connectivity index (χ3v) is 4.80. The Hall–Kier alpha value is -2.41. The van der Waals surface area contributed by atoms with Gasteiger partial charge in [0.05, 0.1) is 16.5 Å². The smallest absolute Gasteiger partial charge is 0.273 e. The fourth-order valence-electron chi connectivity index (χ4n) is 2.60. The Labute approximate surface area is 154 Å². The van der Waals surface area contributed by atoms with Crippen LogP contribution in [-0.4, -0.2) is 25.7 Å². The van der Waals surface area contributed by atoms with Crippen molar-refractivity contribution in [2.24, 2.45) is 0 Å². The number of nitrogens with zero attached hydrogens (tertiary/aromatic N) is 3. The molecule has 0 unspecified atom stereocenters. The molecule has 0 spiro atoms. The zero-order valence-electron chi connectivity index (χ0n) is 14.2. The van der Waals surface area contributed by atoms with Crippen LogP contribution in [0.3, 0.4) is 0 Å². The van der Waals surface area contributed by atoms with E-state index in [1.54, 1.807) is 12.5 Å². The van der Waals surface area contributed by atoms with E-state index in [4.69, 9.17) is 0 Å². The molecule has 0 bridgehead atoms. The number of carbonyl (C=O) groups is 1. The Morgan fingerprint density at radius 1 is 1.32 bits per heavy atom. The lowest BCUT2D eigenvalue weighted by Crippen LogP contribution is -2.24. The van der Waals surface area contributed by atoms with Gasteiger partial charge in [0.1, 0.15) is 0 Å². The normalized spacial score (nSPS) is 11.0. The van der Waals surface area contributed by atoms with Crippen molar-refractivity contribution >= 4 is 21.8 Å². The fraction of sp³-hybridized carbons (Fsp3) is 0.278. The molecule has 1 aromatic carbocycles. The minimum Gasteiger partial charge on any atom is -0.347 e. The summed E-state index contributed by atoms with van der Waals surface area (Å²) in [6, 6.07) is 8.05. The number of hydrogen-bond acceptors (Lipinski definition) is 3. The first-order valence-electron chi connectivity index (χ1n) is 8.10. The molecule has 0 atom stereocenters. The minimum absolute atomic E-state index is 0.201. The molecule has 7 heteroatoms. The van der Waals surface area contributed by atoms with Crippen molar-refractivity contribution in [2.75, 3.05) is 0 Å². The summed E-state index contributed by atoms with van der Waals surface area (Å²) >= 11 is 3.47. The number of rotatable bonds is 6. The van der Waals surface area contributed by atoms with Crippen molar-refractivity contribution in [3.05, 3.63) is 70.0 Å². The summed E-state index contributed by atoms with van der Waals surface area (Å²) in [7, 11) is 0. The molecule has 0 radical (unpaired) electrons. The molecule has 0 saturated carbocycles. The second-order valence-corrected chi connectivity index (χ2v) is 6.93. The molecule has 6 nitrogen and oxygen atoms in total. The molecule has 25 heavy (non-hydrogen) atoms. The van der Waals surface area contributed by atoms with Crippen LogP contribution >= 0.6 is 15.9 Å². The molecule has 0 aliphatic rings. The summed E-state index contributed by atoms with van der Waals surface area (Å²) in [6.07, 6.45) is 5.46. The maximum absolute atomic E-state index is 12.5. The van der Waals surface area contributed by atoms with Gasteiger partial charge in [0, 0.05) is 25.5 Å². The fourth-order valence-corrected chi connectivity index (χ4v) is 3.41. The van der Waals surface area contributed by atoms with Gasteiger partial charge in [-0.2, -0.15) is 5.10 Å². The van der Waals surface area contributed by atoms with E-state index < -0.39 is 0 Å². The molecule has 0 fully saturated rings. The average Bonchev–Trinajstić information content (AvgIpc) is 3.23. The van der Waals surface area contributed by atoms with Crippen LogP contribution in [0.2, 0.25) is 0 Å². The second kappa shape index (κ2) is 7.65. The zero-order chi connectivity index (χ0) is 17.8. The van der Waals surface area contributed by atoms with Crippen molar-refractivity contribution in [3.63, 3.8) is 0 Å². The lowest BCUT2D eigenvalue weighted by molar-refractivity contribution is 0.0945. The van der Waals surface area contributed by atoms with Crippen molar-refractivity contribution in [1.29, 1.82) is 0 Å². The van der Waals surface area contributed by atoms with Crippen LogP contribution in [0.4, 0.5) is 0 Å². The molecule has 0 saturated heterocycles. The predicted molar refractivity (Wildman–Crippen MR) is 99.3 cm³/mol. The minimum atomic E-state index is -0.201. The van der Waals surface area contributed by atoms with Gasteiger partial charge < -0.3 is 9.88 Å². The Bertz CT molecular complexity index is 854. The largest absolute Gasteiger partial charge is 0.347 e. The predicted octanol–water partition coefficient (Wildman–Crippen LogP) is 3.47. The van der Waals surface area contributed by atoms with Gasteiger partial charge in [0.25, 0.3) is 5.91 Å². The van der Waals surface area contributed by atoms with E-state index in [0.29, 0.717) is 12.2 Å². The van der Waals surface area contributed by atoms with Gasteiger partial charge in [0.2, 0.25) is 0 Å². The van der Waals surface area contributed by atoms with Gasteiger partial charge >= 0.3 is 0 Å². The van der Waals surface area contributed by atoms with Crippen LogP contribution in [0.5, 0.6) is 0 Å². The van der Waals surface area contributed by atoms with E-state index in [9.17, 15) is 4.79 Å². The van der Waals surface area contributed by atoms with Crippen molar-refractivity contribution in [1.82, 2.24) is 25.1 Å². The molecule has 2 aromatic heterocycles.